The molecule has 5 aromatic rings. The van der Waals surface area contributed by atoms with Crippen molar-refractivity contribution in [3.05, 3.63) is 123 Å². The molecule has 1 aliphatic rings. The molecule has 32 heavy (non-hydrogen) atoms. The van der Waals surface area contributed by atoms with Crippen LogP contribution in [0.5, 0.6) is 0 Å². The highest BCUT2D eigenvalue weighted by atomic mass is 14.8. The second-order valence-electron chi connectivity index (χ2n) is 8.02. The second kappa shape index (κ2) is 7.46. The predicted octanol–water partition coefficient (Wildman–Crippen LogP) is 2.22. The molecule has 0 fully saturated rings. The highest BCUT2D eigenvalue weighted by Crippen LogP contribution is 2.19. The van der Waals surface area contributed by atoms with Crippen LogP contribution >= 0.6 is 0 Å². The summed E-state index contributed by atoms with van der Waals surface area (Å²) in [5, 5.41) is 4.25. The molecule has 6 rings (SSSR count). The summed E-state index contributed by atoms with van der Waals surface area (Å²) in [6, 6.07) is 23.0. The Labute approximate surface area is 184 Å². The Kier molecular flexibility index (Phi) is 4.32. The van der Waals surface area contributed by atoms with Gasteiger partial charge in [0.1, 0.15) is 0 Å². The first kappa shape index (κ1) is 18.5. The molecular weight excluding hydrogens is 394 g/mol. The fourth-order valence-corrected chi connectivity index (χ4v) is 4.42. The molecule has 0 aromatic carbocycles. The van der Waals surface area contributed by atoms with Gasteiger partial charge in [0.2, 0.25) is 0 Å². The normalized spacial score (nSPS) is 13.0. The first-order valence-electron chi connectivity index (χ1n) is 10.9. The number of fused-ring (bicyclic) bond motifs is 8. The van der Waals surface area contributed by atoms with E-state index in [1.807, 2.05) is 24.4 Å². The minimum Gasteiger partial charge on any atom is -0.355 e. The summed E-state index contributed by atoms with van der Waals surface area (Å²) in [5.41, 5.74) is 7.47. The Morgan fingerprint density at radius 3 is 2.09 bits per heavy atom. The van der Waals surface area contributed by atoms with Crippen molar-refractivity contribution in [2.45, 2.75) is 13.3 Å². The van der Waals surface area contributed by atoms with Crippen LogP contribution in [0.2, 0.25) is 0 Å². The molecule has 0 unspecified atom stereocenters. The molecule has 0 amide bonds. The fourth-order valence-electron chi connectivity index (χ4n) is 4.42. The van der Waals surface area contributed by atoms with Crippen LogP contribution in [0.3, 0.4) is 0 Å². The first-order valence-corrected chi connectivity index (χ1v) is 10.9. The van der Waals surface area contributed by atoms with Crippen LogP contribution in [0.25, 0.3) is 23.3 Å². The number of nitrogens with one attached hydrogen (secondary N) is 4. The molecule has 156 valence electrons. The van der Waals surface area contributed by atoms with E-state index in [0.29, 0.717) is 0 Å². The fraction of sp³-hybridized carbons (Fsp3) is 0.0741. The first-order chi connectivity index (χ1) is 15.8. The number of nitrogens with zero attached hydrogens (tertiary/aromatic N) is 1. The molecule has 5 aromatic heterocycles. The molecule has 0 saturated carbocycles. The van der Waals surface area contributed by atoms with Gasteiger partial charge in [-0.05, 0) is 84.8 Å². The van der Waals surface area contributed by atoms with E-state index in [1.165, 1.54) is 5.57 Å². The van der Waals surface area contributed by atoms with E-state index in [0.717, 1.165) is 61.9 Å². The highest BCUT2D eigenvalue weighted by Gasteiger charge is 2.12. The monoisotopic (exact) mass is 417 g/mol. The third-order valence-electron chi connectivity index (χ3n) is 5.92. The maximum atomic E-state index is 4.65. The number of hydrogen-bond acceptors (Lipinski definition) is 1. The lowest BCUT2D eigenvalue weighted by molar-refractivity contribution is 1.13. The molecule has 0 radical (unpaired) electrons. The van der Waals surface area contributed by atoms with Crippen molar-refractivity contribution in [2.75, 3.05) is 0 Å². The number of H-pyrrole nitrogens is 4. The molecule has 1 aliphatic heterocycles. The highest BCUT2D eigenvalue weighted by molar-refractivity contribution is 5.76. The van der Waals surface area contributed by atoms with Gasteiger partial charge < -0.3 is 19.9 Å². The lowest BCUT2D eigenvalue weighted by Crippen LogP contribution is -2.17. The van der Waals surface area contributed by atoms with Crippen molar-refractivity contribution in [1.29, 1.82) is 0 Å². The van der Waals surface area contributed by atoms with E-state index in [2.05, 4.69) is 92.5 Å². The van der Waals surface area contributed by atoms with Gasteiger partial charge >= 0.3 is 0 Å². The molecule has 0 saturated heterocycles. The zero-order valence-electron chi connectivity index (χ0n) is 17.7. The quantitative estimate of drug-likeness (QED) is 0.349. The van der Waals surface area contributed by atoms with Gasteiger partial charge in [-0.1, -0.05) is 13.0 Å². The second-order valence-corrected chi connectivity index (χ2v) is 8.02. The molecule has 8 bridgehead atoms. The van der Waals surface area contributed by atoms with E-state index in [9.17, 15) is 0 Å². The van der Waals surface area contributed by atoms with Gasteiger partial charge in [-0.2, -0.15) is 0 Å². The average Bonchev–Trinajstić information content (AvgIpc) is 3.60. The van der Waals surface area contributed by atoms with Crippen molar-refractivity contribution in [3.8, 4) is 0 Å². The minimum atomic E-state index is 0.910. The molecule has 5 heteroatoms. The summed E-state index contributed by atoms with van der Waals surface area (Å²) < 4.78 is 0. The smallest absolute Gasteiger partial charge is 0.0743 e. The van der Waals surface area contributed by atoms with Crippen LogP contribution in [0.4, 0.5) is 0 Å². The van der Waals surface area contributed by atoms with E-state index >= 15 is 0 Å². The Balaban J connectivity index is 1.72. The Morgan fingerprint density at radius 2 is 1.38 bits per heavy atom. The van der Waals surface area contributed by atoms with Crippen LogP contribution in [0.1, 0.15) is 41.8 Å². The van der Waals surface area contributed by atoms with E-state index in [-0.39, 0.29) is 0 Å². The van der Waals surface area contributed by atoms with E-state index in [4.69, 9.17) is 0 Å². The lowest BCUT2D eigenvalue weighted by Gasteiger charge is -2.05. The van der Waals surface area contributed by atoms with Crippen LogP contribution in [-0.4, -0.2) is 24.9 Å². The largest absolute Gasteiger partial charge is 0.355 e. The molecular formula is C27H23N5. The van der Waals surface area contributed by atoms with Gasteiger partial charge in [0.25, 0.3) is 0 Å². The minimum absolute atomic E-state index is 0.910. The van der Waals surface area contributed by atoms with Crippen LogP contribution in [0, 0.1) is 0 Å². The SMILES string of the molecule is CCC1=c2ccc([nH]2)=C(c2ccccn2)c2ccc([nH]2)C=c2ccc([nH]2)=Cc2ccc1[nH]2. The standard InChI is InChI=1S/C27H23N5/c1-2-21-22-10-8-19(30-22)15-17-6-7-18(29-17)16-20-9-11-25(31-20)27(24-5-3-4-14-28-24)26-13-12-23(21)32-26/h3-16,29-32H,2H2,1H3. The van der Waals surface area contributed by atoms with Crippen LogP contribution < -0.4 is 21.4 Å². The van der Waals surface area contributed by atoms with Crippen LogP contribution in [-0.2, 0) is 0 Å². The van der Waals surface area contributed by atoms with Gasteiger partial charge in [-0.25, -0.2) is 0 Å². The zero-order valence-corrected chi connectivity index (χ0v) is 17.7. The van der Waals surface area contributed by atoms with E-state index < -0.39 is 0 Å². The zero-order chi connectivity index (χ0) is 21.5. The lowest BCUT2D eigenvalue weighted by atomic mass is 10.1. The van der Waals surface area contributed by atoms with Crippen molar-refractivity contribution >= 4 is 23.3 Å². The van der Waals surface area contributed by atoms with Gasteiger partial charge in [0.15, 0.2) is 0 Å². The Hall–Kier alpha value is -4.25. The molecule has 6 heterocycles. The summed E-state index contributed by atoms with van der Waals surface area (Å²) >= 11 is 0. The third kappa shape index (κ3) is 3.24. The molecule has 4 N–H and O–H groups in total. The summed E-state index contributed by atoms with van der Waals surface area (Å²) in [7, 11) is 0. The van der Waals surface area contributed by atoms with Crippen molar-refractivity contribution in [2.24, 2.45) is 0 Å². The number of hydrogen-bond donors (Lipinski definition) is 4. The van der Waals surface area contributed by atoms with E-state index in [1.54, 1.807) is 0 Å². The maximum absolute atomic E-state index is 4.65. The van der Waals surface area contributed by atoms with Crippen molar-refractivity contribution in [3.63, 3.8) is 0 Å². The Morgan fingerprint density at radius 1 is 0.656 bits per heavy atom. The molecule has 0 atom stereocenters. The summed E-state index contributed by atoms with van der Waals surface area (Å²) in [4.78, 5) is 18.9. The third-order valence-corrected chi connectivity index (χ3v) is 5.92. The summed E-state index contributed by atoms with van der Waals surface area (Å²) in [5.74, 6) is 0. The number of aromatic amines is 4. The topological polar surface area (TPSA) is 76.0 Å². The number of aromatic nitrogens is 5. The van der Waals surface area contributed by atoms with Crippen LogP contribution in [0.15, 0.2) is 72.9 Å². The maximum Gasteiger partial charge on any atom is 0.0743 e. The number of pyridine rings is 1. The molecule has 5 nitrogen and oxygen atoms in total. The van der Waals surface area contributed by atoms with Gasteiger partial charge in [0, 0.05) is 44.9 Å². The predicted molar refractivity (Wildman–Crippen MR) is 127 cm³/mol. The number of rotatable bonds is 2. The average molecular weight is 418 g/mol. The van der Waals surface area contributed by atoms with Crippen molar-refractivity contribution in [1.82, 2.24) is 24.9 Å². The van der Waals surface area contributed by atoms with Crippen molar-refractivity contribution < 1.29 is 0 Å². The van der Waals surface area contributed by atoms with Gasteiger partial charge in [0.05, 0.1) is 16.7 Å². The molecule has 0 spiro atoms. The molecule has 0 aliphatic carbocycles. The summed E-state index contributed by atoms with van der Waals surface area (Å²) in [6.45, 7) is 2.19. The Bertz CT molecular complexity index is 1650. The summed E-state index contributed by atoms with van der Waals surface area (Å²) in [6.07, 6.45) is 6.99. The van der Waals surface area contributed by atoms with Gasteiger partial charge in [-0.3, -0.25) is 4.98 Å². The van der Waals surface area contributed by atoms with Gasteiger partial charge in [-0.15, -0.1) is 0 Å².